The molecule has 2 aromatic carbocycles. The van der Waals surface area contributed by atoms with Crippen LogP contribution in [0.2, 0.25) is 0 Å². The highest BCUT2D eigenvalue weighted by atomic mass is 79.9. The normalized spacial score (nSPS) is 11.6. The van der Waals surface area contributed by atoms with Crippen molar-refractivity contribution in [2.24, 2.45) is 10.2 Å². The maximum Gasteiger partial charge on any atom is 0.119 e. The lowest BCUT2D eigenvalue weighted by atomic mass is 10.0. The average Bonchev–Trinajstić information content (AvgIpc) is 3.15. The smallest absolute Gasteiger partial charge is 0.119 e. The van der Waals surface area contributed by atoms with Gasteiger partial charge in [-0.1, -0.05) is 148 Å². The molecule has 0 heterocycles. The number of quaternary nitrogens is 1. The first kappa shape index (κ1) is 49.1. The van der Waals surface area contributed by atoms with Crippen LogP contribution in [0.4, 0.5) is 11.4 Å². The number of rotatable bonds is 36. The number of aliphatic hydroxyl groups is 1. The van der Waals surface area contributed by atoms with Crippen LogP contribution < -0.4 is 26.5 Å². The Balaban J connectivity index is 0.0000140. The summed E-state index contributed by atoms with van der Waals surface area (Å²) in [5, 5.41) is 17.9. The van der Waals surface area contributed by atoms with Crippen molar-refractivity contribution in [2.45, 2.75) is 174 Å². The number of azo groups is 1. The van der Waals surface area contributed by atoms with Gasteiger partial charge < -0.3 is 36.0 Å². The maximum absolute atomic E-state index is 9.14. The van der Waals surface area contributed by atoms with Crippen molar-refractivity contribution in [3.05, 3.63) is 48.5 Å². The van der Waals surface area contributed by atoms with Crippen molar-refractivity contribution < 1.29 is 36.0 Å². The first-order valence-electron chi connectivity index (χ1n) is 21.8. The zero-order valence-electron chi connectivity index (χ0n) is 34.5. The molecule has 0 spiro atoms. The average molecular weight is 803 g/mol. The Morgan fingerprint density at radius 2 is 0.736 bits per heavy atom. The highest BCUT2D eigenvalue weighted by Gasteiger charge is 2.12. The number of benzene rings is 2. The Hall–Kier alpha value is -1.96. The van der Waals surface area contributed by atoms with Crippen LogP contribution in [0.15, 0.2) is 58.8 Å². The summed E-state index contributed by atoms with van der Waals surface area (Å²) in [4.78, 5) is 0. The number of likely N-dealkylation sites (N-methyl/N-ethyl adjacent to an activating group) is 1. The van der Waals surface area contributed by atoms with Crippen molar-refractivity contribution in [3.63, 3.8) is 0 Å². The Bertz CT molecular complexity index is 1090. The molecule has 0 radical (unpaired) electrons. The molecule has 6 nitrogen and oxygen atoms in total. The van der Waals surface area contributed by atoms with Gasteiger partial charge in [-0.3, -0.25) is 0 Å². The van der Waals surface area contributed by atoms with Gasteiger partial charge in [0.05, 0.1) is 51.8 Å². The number of unbranched alkanes of at least 4 members (excludes halogenated alkanes) is 24. The van der Waals surface area contributed by atoms with Gasteiger partial charge in [-0.15, -0.1) is 0 Å². The molecule has 0 aromatic heterocycles. The van der Waals surface area contributed by atoms with E-state index in [9.17, 15) is 0 Å². The van der Waals surface area contributed by atoms with Gasteiger partial charge in [0.25, 0.3) is 0 Å². The molecule has 0 saturated carbocycles. The van der Waals surface area contributed by atoms with E-state index in [-0.39, 0.29) is 23.6 Å². The molecule has 0 amide bonds. The molecule has 0 unspecified atom stereocenters. The third kappa shape index (κ3) is 29.1. The highest BCUT2D eigenvalue weighted by Crippen LogP contribution is 2.24. The zero-order valence-corrected chi connectivity index (χ0v) is 36.1. The third-order valence-electron chi connectivity index (χ3n) is 10.4. The van der Waals surface area contributed by atoms with Crippen LogP contribution >= 0.6 is 0 Å². The number of hydrogen-bond donors (Lipinski definition) is 1. The van der Waals surface area contributed by atoms with E-state index in [1.165, 1.54) is 161 Å². The second kappa shape index (κ2) is 34.5. The number of aliphatic hydroxyl groups excluding tert-OH is 1. The lowest BCUT2D eigenvalue weighted by Gasteiger charge is -2.28. The minimum Gasteiger partial charge on any atom is -1.00 e. The Kier molecular flexibility index (Phi) is 32.0. The van der Waals surface area contributed by atoms with E-state index >= 15 is 0 Å². The summed E-state index contributed by atoms with van der Waals surface area (Å²) in [6, 6.07) is 15.8. The maximum atomic E-state index is 9.14. The molecule has 0 aliphatic carbocycles. The molecule has 0 fully saturated rings. The van der Waals surface area contributed by atoms with Crippen LogP contribution in [-0.4, -0.2) is 56.6 Å². The second-order valence-corrected chi connectivity index (χ2v) is 15.8. The van der Waals surface area contributed by atoms with E-state index in [4.69, 9.17) is 14.6 Å². The Morgan fingerprint density at radius 3 is 1.06 bits per heavy atom. The molecular weight excluding hydrogens is 722 g/mol. The van der Waals surface area contributed by atoms with Crippen molar-refractivity contribution in [1.82, 2.24) is 0 Å². The van der Waals surface area contributed by atoms with Crippen LogP contribution in [0.25, 0.3) is 0 Å². The molecule has 0 saturated heterocycles. The summed E-state index contributed by atoms with van der Waals surface area (Å²) >= 11 is 0. The van der Waals surface area contributed by atoms with Gasteiger partial charge in [-0.05, 0) is 74.2 Å². The summed E-state index contributed by atoms with van der Waals surface area (Å²) in [5.41, 5.74) is 1.64. The van der Waals surface area contributed by atoms with E-state index in [2.05, 4.69) is 31.2 Å². The lowest BCUT2D eigenvalue weighted by Crippen LogP contribution is -3.00. The lowest BCUT2D eigenvalue weighted by molar-refractivity contribution is -0.890. The summed E-state index contributed by atoms with van der Waals surface area (Å²) in [7, 11) is 4.42. The van der Waals surface area contributed by atoms with Gasteiger partial charge in [0.2, 0.25) is 0 Å². The molecule has 2 rings (SSSR count). The monoisotopic (exact) mass is 802 g/mol. The van der Waals surface area contributed by atoms with Gasteiger partial charge in [0.15, 0.2) is 0 Å². The molecule has 0 aliphatic heterocycles. The minimum absolute atomic E-state index is 0. The van der Waals surface area contributed by atoms with Crippen LogP contribution in [0.3, 0.4) is 0 Å². The van der Waals surface area contributed by atoms with Crippen molar-refractivity contribution in [2.75, 3.05) is 47.0 Å². The van der Waals surface area contributed by atoms with Gasteiger partial charge >= 0.3 is 0 Å². The fourth-order valence-corrected chi connectivity index (χ4v) is 6.80. The molecule has 0 atom stereocenters. The predicted octanol–water partition coefficient (Wildman–Crippen LogP) is 11.1. The SMILES string of the molecule is CCCCCCCCCCCCCCCCCCOc1ccc(/N=N/c2ccc(OCCCCCCCCCCCC[N+](C)(C)CCO)cc2)cc1.[Br-]. The van der Waals surface area contributed by atoms with Gasteiger partial charge in [-0.25, -0.2) is 0 Å². The van der Waals surface area contributed by atoms with Crippen LogP contribution in [-0.2, 0) is 0 Å². The van der Waals surface area contributed by atoms with E-state index < -0.39 is 0 Å². The quantitative estimate of drug-likeness (QED) is 0.0424. The zero-order chi connectivity index (χ0) is 37.2. The van der Waals surface area contributed by atoms with Crippen molar-refractivity contribution in [3.8, 4) is 11.5 Å². The molecule has 304 valence electrons. The van der Waals surface area contributed by atoms with E-state index in [0.717, 1.165) is 60.0 Å². The molecule has 53 heavy (non-hydrogen) atoms. The first-order valence-corrected chi connectivity index (χ1v) is 21.8. The predicted molar refractivity (Wildman–Crippen MR) is 223 cm³/mol. The molecule has 7 heteroatoms. The number of hydrogen-bond acceptors (Lipinski definition) is 5. The largest absolute Gasteiger partial charge is 1.00 e. The topological polar surface area (TPSA) is 63.4 Å². The third-order valence-corrected chi connectivity index (χ3v) is 10.4. The summed E-state index contributed by atoms with van der Waals surface area (Å²) < 4.78 is 12.9. The van der Waals surface area contributed by atoms with E-state index in [0.29, 0.717) is 0 Å². The molecular formula is C46H80BrN3O3. The number of ether oxygens (including phenoxy) is 2. The summed E-state index contributed by atoms with van der Waals surface area (Å²) in [5.74, 6) is 1.79. The second-order valence-electron chi connectivity index (χ2n) is 15.8. The molecule has 0 bridgehead atoms. The summed E-state index contributed by atoms with van der Waals surface area (Å²) in [6.07, 6.45) is 35.1. The number of nitrogens with zero attached hydrogens (tertiary/aromatic N) is 3. The van der Waals surface area contributed by atoms with Gasteiger partial charge in [-0.2, -0.15) is 10.2 Å². The van der Waals surface area contributed by atoms with Crippen molar-refractivity contribution >= 4 is 11.4 Å². The van der Waals surface area contributed by atoms with Crippen molar-refractivity contribution in [1.29, 1.82) is 0 Å². The van der Waals surface area contributed by atoms with Crippen LogP contribution in [0.1, 0.15) is 174 Å². The van der Waals surface area contributed by atoms with Gasteiger partial charge in [0, 0.05) is 0 Å². The highest BCUT2D eigenvalue weighted by molar-refractivity contribution is 5.44. The number of halogens is 1. The molecule has 2 aromatic rings. The first-order chi connectivity index (χ1) is 25.5. The van der Waals surface area contributed by atoms with E-state index in [1.807, 2.05) is 48.5 Å². The molecule has 0 aliphatic rings. The Labute approximate surface area is 337 Å². The standard InChI is InChI=1S/C46H80N3O3.BrH/c1-4-5-6-7-8-9-10-11-12-13-14-16-19-22-25-28-41-51-45-34-30-43(31-35-45)47-48-44-32-36-46(37-33-44)52-42-29-26-23-20-17-15-18-21-24-27-38-49(2,3)39-40-50;/h30-37,50H,4-29,38-42H2,1-3H3;1H/q+1;/p-1/b48-47+;. The minimum atomic E-state index is 0. The Morgan fingerprint density at radius 1 is 0.434 bits per heavy atom. The fraction of sp³-hybridized carbons (Fsp3) is 0.739. The van der Waals surface area contributed by atoms with Crippen LogP contribution in [0, 0.1) is 0 Å². The van der Waals surface area contributed by atoms with E-state index in [1.54, 1.807) is 0 Å². The van der Waals surface area contributed by atoms with Crippen LogP contribution in [0.5, 0.6) is 11.5 Å². The van der Waals surface area contributed by atoms with Gasteiger partial charge in [0.1, 0.15) is 18.0 Å². The summed E-state index contributed by atoms with van der Waals surface area (Å²) in [6.45, 7) is 6.15. The molecule has 1 N–H and O–H groups in total. The fourth-order valence-electron chi connectivity index (χ4n) is 6.80.